The predicted molar refractivity (Wildman–Crippen MR) is 102 cm³/mol. The first-order valence-corrected chi connectivity index (χ1v) is 9.68. The van der Waals surface area contributed by atoms with E-state index in [4.69, 9.17) is 20.6 Å². The number of nitrogens with one attached hydrogen (secondary N) is 1. The molecule has 3 N–H and O–H groups in total. The third-order valence-electron chi connectivity index (χ3n) is 4.29. The summed E-state index contributed by atoms with van der Waals surface area (Å²) in [5.74, 6) is 0. The molecule has 162 valence electrons. The first-order valence-electron chi connectivity index (χ1n) is 8.87. The van der Waals surface area contributed by atoms with Crippen LogP contribution in [0, 0.1) is 5.41 Å². The molecule has 2 unspecified atom stereocenters. The van der Waals surface area contributed by atoms with Gasteiger partial charge in [0.2, 0.25) is 0 Å². The van der Waals surface area contributed by atoms with Crippen molar-refractivity contribution in [1.29, 1.82) is 5.41 Å². The van der Waals surface area contributed by atoms with E-state index in [1.807, 2.05) is 6.92 Å². The van der Waals surface area contributed by atoms with E-state index in [0.29, 0.717) is 24.3 Å². The van der Waals surface area contributed by atoms with Crippen LogP contribution < -0.4 is 5.73 Å². The topological polar surface area (TPSA) is 68.3 Å². The zero-order valence-corrected chi connectivity index (χ0v) is 16.6. The summed E-state index contributed by atoms with van der Waals surface area (Å²) in [6.07, 6.45) is -5.29. The van der Waals surface area contributed by atoms with Crippen LogP contribution in [0.5, 0.6) is 0 Å². The number of rotatable bonds is 8. The molecular weight excluding hydrogens is 415 g/mol. The second-order valence-corrected chi connectivity index (χ2v) is 8.63. The van der Waals surface area contributed by atoms with Crippen LogP contribution in [0.3, 0.4) is 0 Å². The van der Waals surface area contributed by atoms with Crippen molar-refractivity contribution in [2.45, 2.75) is 48.1 Å². The Hall–Kier alpha value is -1.65. The van der Waals surface area contributed by atoms with Crippen LogP contribution in [0.2, 0.25) is 0 Å². The Morgan fingerprint density at radius 1 is 1.45 bits per heavy atom. The second-order valence-electron chi connectivity index (χ2n) is 6.97. The first kappa shape index (κ1) is 23.6. The van der Waals surface area contributed by atoms with Crippen molar-refractivity contribution in [1.82, 2.24) is 0 Å². The van der Waals surface area contributed by atoms with E-state index in [9.17, 15) is 22.0 Å². The van der Waals surface area contributed by atoms with Gasteiger partial charge in [0.05, 0.1) is 17.9 Å². The van der Waals surface area contributed by atoms with E-state index in [0.717, 1.165) is 12.1 Å². The Morgan fingerprint density at radius 2 is 2.17 bits per heavy atom. The summed E-state index contributed by atoms with van der Waals surface area (Å²) >= 11 is 1.32. The number of hydrogen-bond donors (Lipinski definition) is 2. The molecule has 1 aliphatic rings. The van der Waals surface area contributed by atoms with Crippen molar-refractivity contribution in [3.05, 3.63) is 41.6 Å². The van der Waals surface area contributed by atoms with Gasteiger partial charge in [0.15, 0.2) is 0 Å². The van der Waals surface area contributed by atoms with E-state index in [1.54, 1.807) is 6.07 Å². The lowest BCUT2D eigenvalue weighted by Gasteiger charge is -2.37. The standard InChI is InChI=1S/C19H23F5N2O2S/c1-18(29-14-4-2-3-12(7-14)19(22,23)24)5-6-28-16(9-18)15(26)8-13(25)10-27-11-17(20)21/h2-4,7-8,16-17,26H,5-6,9-11,25H2,1H3. The lowest BCUT2D eigenvalue weighted by atomic mass is 9.93. The van der Waals surface area contributed by atoms with Gasteiger partial charge in [-0.15, -0.1) is 11.8 Å². The summed E-state index contributed by atoms with van der Waals surface area (Å²) in [6.45, 7) is 1.29. The fourth-order valence-electron chi connectivity index (χ4n) is 2.88. The highest BCUT2D eigenvalue weighted by molar-refractivity contribution is 8.00. The third kappa shape index (κ3) is 7.60. The number of hydrogen-bond acceptors (Lipinski definition) is 5. The fraction of sp³-hybridized carbons (Fsp3) is 0.526. The van der Waals surface area contributed by atoms with Gasteiger partial charge in [-0.2, -0.15) is 13.2 Å². The molecule has 1 aromatic carbocycles. The lowest BCUT2D eigenvalue weighted by Crippen LogP contribution is -2.39. The maximum Gasteiger partial charge on any atom is 0.416 e. The van der Waals surface area contributed by atoms with Crippen molar-refractivity contribution in [3.63, 3.8) is 0 Å². The van der Waals surface area contributed by atoms with Gasteiger partial charge in [-0.05, 0) is 44.0 Å². The predicted octanol–water partition coefficient (Wildman–Crippen LogP) is 4.88. The molecule has 0 aromatic heterocycles. The maximum atomic E-state index is 12.9. The Labute approximate surface area is 170 Å². The SMILES string of the molecule is CC1(Sc2cccc(C(F)(F)F)c2)CCOC(C(=N)C=C(N)COCC(F)F)C1. The van der Waals surface area contributed by atoms with Crippen LogP contribution in [0.4, 0.5) is 22.0 Å². The van der Waals surface area contributed by atoms with Gasteiger partial charge in [0, 0.05) is 21.9 Å². The molecule has 0 amide bonds. The molecule has 1 fully saturated rings. The molecule has 4 nitrogen and oxygen atoms in total. The molecule has 0 spiro atoms. The monoisotopic (exact) mass is 438 g/mol. The van der Waals surface area contributed by atoms with E-state index < -0.39 is 35.6 Å². The second kappa shape index (κ2) is 9.90. The van der Waals surface area contributed by atoms with Crippen molar-refractivity contribution in [2.24, 2.45) is 5.73 Å². The molecule has 2 atom stereocenters. The molecule has 1 aliphatic heterocycles. The quantitative estimate of drug-likeness (QED) is 0.449. The highest BCUT2D eigenvalue weighted by atomic mass is 32.2. The van der Waals surface area contributed by atoms with Crippen LogP contribution in [-0.2, 0) is 15.7 Å². The zero-order chi connectivity index (χ0) is 21.7. The van der Waals surface area contributed by atoms with Crippen LogP contribution in [0.1, 0.15) is 25.3 Å². The van der Waals surface area contributed by atoms with Crippen LogP contribution >= 0.6 is 11.8 Å². The molecule has 0 saturated carbocycles. The molecule has 1 aromatic rings. The Kier molecular flexibility index (Phi) is 8.07. The largest absolute Gasteiger partial charge is 0.416 e. The number of halogens is 5. The first-order chi connectivity index (χ1) is 13.5. The minimum Gasteiger partial charge on any atom is -0.400 e. The Bertz CT molecular complexity index is 742. The molecule has 29 heavy (non-hydrogen) atoms. The highest BCUT2D eigenvalue weighted by Gasteiger charge is 2.36. The fourth-order valence-corrected chi connectivity index (χ4v) is 4.20. The number of nitrogens with two attached hydrogens (primary N) is 1. The molecule has 0 radical (unpaired) electrons. The van der Waals surface area contributed by atoms with Crippen molar-refractivity contribution >= 4 is 17.5 Å². The summed E-state index contributed by atoms with van der Waals surface area (Å²) in [6, 6.07) is 5.14. The Balaban J connectivity index is 2.01. The smallest absolute Gasteiger partial charge is 0.400 e. The van der Waals surface area contributed by atoms with Crippen molar-refractivity contribution in [2.75, 3.05) is 19.8 Å². The van der Waals surface area contributed by atoms with Crippen LogP contribution in [0.15, 0.2) is 40.9 Å². The van der Waals surface area contributed by atoms with Gasteiger partial charge in [-0.1, -0.05) is 6.07 Å². The van der Waals surface area contributed by atoms with E-state index in [1.165, 1.54) is 23.9 Å². The summed E-state index contributed by atoms with van der Waals surface area (Å²) in [5, 5.41) is 8.16. The van der Waals surface area contributed by atoms with E-state index in [2.05, 4.69) is 0 Å². The molecule has 10 heteroatoms. The molecule has 0 bridgehead atoms. The molecule has 1 heterocycles. The summed E-state index contributed by atoms with van der Waals surface area (Å²) in [7, 11) is 0. The minimum atomic E-state index is -4.41. The summed E-state index contributed by atoms with van der Waals surface area (Å²) in [5.41, 5.74) is 5.18. The average molecular weight is 438 g/mol. The number of ether oxygens (including phenoxy) is 2. The van der Waals surface area contributed by atoms with Gasteiger partial charge in [-0.25, -0.2) is 8.78 Å². The summed E-state index contributed by atoms with van der Waals surface area (Å²) in [4.78, 5) is 0.491. The molecule has 0 aliphatic carbocycles. The normalized spacial score (nSPS) is 23.4. The van der Waals surface area contributed by atoms with E-state index in [-0.39, 0.29) is 18.0 Å². The van der Waals surface area contributed by atoms with Crippen LogP contribution in [0.25, 0.3) is 0 Å². The average Bonchev–Trinajstić information content (AvgIpc) is 2.60. The molecule has 2 rings (SSSR count). The third-order valence-corrected chi connectivity index (χ3v) is 5.65. The minimum absolute atomic E-state index is 0.0683. The van der Waals surface area contributed by atoms with Gasteiger partial charge < -0.3 is 20.6 Å². The number of thioether (sulfide) groups is 1. The van der Waals surface area contributed by atoms with Gasteiger partial charge >= 0.3 is 6.18 Å². The number of alkyl halides is 5. The number of benzene rings is 1. The van der Waals surface area contributed by atoms with Crippen molar-refractivity contribution < 1.29 is 31.4 Å². The molecular formula is C19H23F5N2O2S. The van der Waals surface area contributed by atoms with Gasteiger partial charge in [-0.3, -0.25) is 0 Å². The van der Waals surface area contributed by atoms with Gasteiger partial charge in [0.25, 0.3) is 6.43 Å². The molecule has 1 saturated heterocycles. The van der Waals surface area contributed by atoms with Crippen LogP contribution in [-0.4, -0.2) is 42.8 Å². The van der Waals surface area contributed by atoms with Crippen molar-refractivity contribution in [3.8, 4) is 0 Å². The Morgan fingerprint density at radius 3 is 2.83 bits per heavy atom. The highest BCUT2D eigenvalue weighted by Crippen LogP contribution is 2.43. The summed E-state index contributed by atoms with van der Waals surface area (Å²) < 4.78 is 72.9. The van der Waals surface area contributed by atoms with Gasteiger partial charge in [0.1, 0.15) is 12.7 Å². The van der Waals surface area contributed by atoms with E-state index >= 15 is 0 Å². The maximum absolute atomic E-state index is 12.9. The zero-order valence-electron chi connectivity index (χ0n) is 15.8. The lowest BCUT2D eigenvalue weighted by molar-refractivity contribution is -0.137.